The molecule has 0 atom stereocenters. The smallest absolute Gasteiger partial charge is 0.300 e. The lowest BCUT2D eigenvalue weighted by Crippen LogP contribution is -2.54. The lowest BCUT2D eigenvalue weighted by molar-refractivity contribution is -0.136. The summed E-state index contributed by atoms with van der Waals surface area (Å²) in [5, 5.41) is 6.07. The minimum atomic E-state index is -0.730. The summed E-state index contributed by atoms with van der Waals surface area (Å²) in [6.07, 6.45) is 1.49. The van der Waals surface area contributed by atoms with E-state index in [1.54, 1.807) is 0 Å². The average Bonchev–Trinajstić information content (AvgIpc) is 3.00. The molecule has 28 heavy (non-hydrogen) atoms. The Labute approximate surface area is 168 Å². The maximum Gasteiger partial charge on any atom is 0.300 e. The number of piperidine rings is 1. The van der Waals surface area contributed by atoms with Gasteiger partial charge in [-0.1, -0.05) is 32.0 Å². The third-order valence-corrected chi connectivity index (χ3v) is 4.97. The molecular formula is C17H27ClN8O2. The molecule has 0 aromatic heterocycles. The van der Waals surface area contributed by atoms with Crippen molar-refractivity contribution in [2.75, 3.05) is 19.6 Å². The van der Waals surface area contributed by atoms with Crippen LogP contribution in [0, 0.1) is 5.92 Å². The number of nitrogens with one attached hydrogen (secondary N) is 2. The predicted molar refractivity (Wildman–Crippen MR) is 109 cm³/mol. The van der Waals surface area contributed by atoms with E-state index < -0.39 is 5.91 Å². The first-order valence-electron chi connectivity index (χ1n) is 8.92. The Morgan fingerprint density at radius 1 is 1.25 bits per heavy atom. The molecular weight excluding hydrogens is 384 g/mol. The normalized spacial score (nSPS) is 20.1. The van der Waals surface area contributed by atoms with Gasteiger partial charge >= 0.3 is 5.91 Å². The predicted octanol–water partition coefficient (Wildman–Crippen LogP) is -0.725. The average molecular weight is 411 g/mol. The summed E-state index contributed by atoms with van der Waals surface area (Å²) >= 11 is 5.77. The summed E-state index contributed by atoms with van der Waals surface area (Å²) in [5.74, 6) is -0.547. The maximum absolute atomic E-state index is 12.4. The number of aliphatic imine (C=N–C) groups is 2. The first-order chi connectivity index (χ1) is 13.0. The molecule has 2 aliphatic heterocycles. The zero-order valence-electron chi connectivity index (χ0n) is 16.1. The van der Waals surface area contributed by atoms with Crippen molar-refractivity contribution in [3.05, 3.63) is 23.3 Å². The van der Waals surface area contributed by atoms with Gasteiger partial charge in [0.1, 0.15) is 5.82 Å². The lowest BCUT2D eigenvalue weighted by Gasteiger charge is -2.39. The highest BCUT2D eigenvalue weighted by molar-refractivity contribution is 6.47. The Morgan fingerprint density at radius 3 is 2.36 bits per heavy atom. The Morgan fingerprint density at radius 2 is 1.86 bits per heavy atom. The van der Waals surface area contributed by atoms with Crippen LogP contribution in [0.2, 0.25) is 0 Å². The van der Waals surface area contributed by atoms with E-state index in [0.717, 1.165) is 12.8 Å². The molecule has 1 spiro atoms. The van der Waals surface area contributed by atoms with Crippen LogP contribution in [0.3, 0.4) is 0 Å². The molecule has 0 bridgehead atoms. The van der Waals surface area contributed by atoms with Gasteiger partial charge in [-0.2, -0.15) is 4.99 Å². The van der Waals surface area contributed by atoms with Gasteiger partial charge in [-0.25, -0.2) is 4.99 Å². The van der Waals surface area contributed by atoms with E-state index in [9.17, 15) is 9.59 Å². The zero-order valence-corrected chi connectivity index (χ0v) is 16.8. The third kappa shape index (κ3) is 4.94. The van der Waals surface area contributed by atoms with Crippen LogP contribution in [0.5, 0.6) is 0 Å². The number of hydrogen-bond acceptors (Lipinski definition) is 6. The van der Waals surface area contributed by atoms with E-state index >= 15 is 0 Å². The second-order valence-corrected chi connectivity index (χ2v) is 7.59. The number of rotatable bonds is 4. The van der Waals surface area contributed by atoms with Crippen molar-refractivity contribution >= 4 is 35.1 Å². The van der Waals surface area contributed by atoms with Crippen LogP contribution in [0.4, 0.5) is 0 Å². The fourth-order valence-electron chi connectivity index (χ4n) is 3.06. The second kappa shape index (κ2) is 8.51. The number of guanidine groups is 1. The number of nitrogens with zero attached hydrogens (tertiary/aromatic N) is 3. The third-order valence-electron chi connectivity index (χ3n) is 4.67. The number of likely N-dealkylation sites (tertiary alicyclic amines) is 1. The monoisotopic (exact) mass is 410 g/mol. The number of carbonyl (C=O) groups excluding carboxylic acids is 2. The molecule has 2 fully saturated rings. The SMILES string of the molecule is C=C(N)/C(=N\C(Cl)=C(N)N)C(=O)/N=C1\NCC2(CCN(C(=O)C(C)C)CC2)N1. The molecule has 0 aromatic rings. The molecule has 11 heteroatoms. The lowest BCUT2D eigenvalue weighted by atomic mass is 9.88. The van der Waals surface area contributed by atoms with Crippen LogP contribution in [0.25, 0.3) is 0 Å². The molecule has 2 heterocycles. The number of nitrogens with two attached hydrogens (primary N) is 3. The highest BCUT2D eigenvalue weighted by Gasteiger charge is 2.41. The Hall–Kier alpha value is -2.75. The van der Waals surface area contributed by atoms with Gasteiger partial charge in [0.25, 0.3) is 0 Å². The molecule has 2 amide bonds. The molecule has 2 rings (SSSR count). The molecule has 154 valence electrons. The van der Waals surface area contributed by atoms with Crippen molar-refractivity contribution in [2.45, 2.75) is 32.2 Å². The van der Waals surface area contributed by atoms with Crippen LogP contribution < -0.4 is 27.8 Å². The second-order valence-electron chi connectivity index (χ2n) is 7.24. The molecule has 0 aromatic carbocycles. The van der Waals surface area contributed by atoms with Gasteiger partial charge in [0.2, 0.25) is 5.91 Å². The van der Waals surface area contributed by atoms with Crippen molar-refractivity contribution in [1.82, 2.24) is 15.5 Å². The molecule has 0 saturated carbocycles. The fourth-order valence-corrected chi connectivity index (χ4v) is 3.14. The Kier molecular flexibility index (Phi) is 6.55. The summed E-state index contributed by atoms with van der Waals surface area (Å²) < 4.78 is 0. The first-order valence-corrected chi connectivity index (χ1v) is 9.30. The molecule has 2 aliphatic rings. The first kappa shape index (κ1) is 21.5. The highest BCUT2D eigenvalue weighted by Crippen LogP contribution is 2.25. The van der Waals surface area contributed by atoms with Crippen molar-refractivity contribution < 1.29 is 9.59 Å². The topological polar surface area (TPSA) is 164 Å². The van der Waals surface area contributed by atoms with Crippen LogP contribution >= 0.6 is 11.6 Å². The van der Waals surface area contributed by atoms with Crippen molar-refractivity contribution in [3.8, 4) is 0 Å². The molecule has 10 nitrogen and oxygen atoms in total. The number of amides is 2. The van der Waals surface area contributed by atoms with Gasteiger partial charge in [0.15, 0.2) is 16.8 Å². The van der Waals surface area contributed by atoms with Gasteiger partial charge in [0.05, 0.1) is 11.2 Å². The summed E-state index contributed by atoms with van der Waals surface area (Å²) in [5.41, 5.74) is 15.7. The van der Waals surface area contributed by atoms with Crippen molar-refractivity contribution in [3.63, 3.8) is 0 Å². The fraction of sp³-hybridized carbons (Fsp3) is 0.529. The minimum absolute atomic E-state index is 0.0241. The van der Waals surface area contributed by atoms with E-state index in [1.807, 2.05) is 18.7 Å². The van der Waals surface area contributed by atoms with Gasteiger partial charge < -0.3 is 32.7 Å². The van der Waals surface area contributed by atoms with E-state index in [1.165, 1.54) is 0 Å². The summed E-state index contributed by atoms with van der Waals surface area (Å²) in [6, 6.07) is 0. The molecule has 0 aliphatic carbocycles. The van der Waals surface area contributed by atoms with Crippen LogP contribution in [0.15, 0.2) is 33.2 Å². The van der Waals surface area contributed by atoms with Crippen molar-refractivity contribution in [2.24, 2.45) is 33.1 Å². The Bertz CT molecular complexity index is 759. The van der Waals surface area contributed by atoms with E-state index in [4.69, 9.17) is 28.8 Å². The van der Waals surface area contributed by atoms with Gasteiger partial charge in [-0.15, -0.1) is 0 Å². The molecule has 2 saturated heterocycles. The minimum Gasteiger partial charge on any atom is -0.397 e. The quantitative estimate of drug-likeness (QED) is 0.301. The highest BCUT2D eigenvalue weighted by atomic mass is 35.5. The molecule has 0 radical (unpaired) electrons. The maximum atomic E-state index is 12.4. The van der Waals surface area contributed by atoms with Crippen LogP contribution in [0.1, 0.15) is 26.7 Å². The van der Waals surface area contributed by atoms with Crippen LogP contribution in [-0.2, 0) is 9.59 Å². The van der Waals surface area contributed by atoms with E-state index in [0.29, 0.717) is 25.6 Å². The van der Waals surface area contributed by atoms with Gasteiger partial charge in [-0.3, -0.25) is 9.59 Å². The standard InChI is InChI=1S/C17H27ClN8O2/c1-9(2)15(28)26-6-4-17(5-7-26)8-22-16(25-17)24-14(27)11(10(3)19)23-12(18)13(20)21/h9H,3-8,19-21H2,1-2H3,(H2,22,24,25,27)/b23-11+. The van der Waals surface area contributed by atoms with Crippen molar-refractivity contribution in [1.29, 1.82) is 0 Å². The van der Waals surface area contributed by atoms with E-state index in [-0.39, 0.29) is 39.7 Å². The summed E-state index contributed by atoms with van der Waals surface area (Å²) in [7, 11) is 0. The molecule has 8 N–H and O–H groups in total. The summed E-state index contributed by atoms with van der Waals surface area (Å²) in [6.45, 7) is 9.17. The largest absolute Gasteiger partial charge is 0.397 e. The van der Waals surface area contributed by atoms with Gasteiger partial charge in [0, 0.05) is 25.6 Å². The number of carbonyl (C=O) groups is 2. The number of hydrogen-bond donors (Lipinski definition) is 5. The van der Waals surface area contributed by atoms with E-state index in [2.05, 4.69) is 27.2 Å². The Balaban J connectivity index is 2.08. The zero-order chi connectivity index (χ0) is 21.1. The number of halogens is 1. The van der Waals surface area contributed by atoms with Gasteiger partial charge in [-0.05, 0) is 12.8 Å². The molecule has 0 unspecified atom stereocenters. The summed E-state index contributed by atoms with van der Waals surface area (Å²) in [4.78, 5) is 34.2. The van der Waals surface area contributed by atoms with Crippen LogP contribution in [-0.4, -0.2) is 53.6 Å².